The zero-order valence-electron chi connectivity index (χ0n) is 15.4. The van der Waals surface area contributed by atoms with Gasteiger partial charge in [0.15, 0.2) is 0 Å². The van der Waals surface area contributed by atoms with Crippen molar-refractivity contribution in [2.75, 3.05) is 6.61 Å². The number of ether oxygens (including phenoxy) is 1. The Kier molecular flexibility index (Phi) is 8.09. The summed E-state index contributed by atoms with van der Waals surface area (Å²) < 4.78 is 5.63. The summed E-state index contributed by atoms with van der Waals surface area (Å²) in [5.41, 5.74) is 4.75. The maximum absolute atomic E-state index is 12.7. The molecular formula is C17H34N2O3. The van der Waals surface area contributed by atoms with Gasteiger partial charge in [-0.2, -0.15) is 0 Å². The van der Waals surface area contributed by atoms with Crippen molar-refractivity contribution in [1.29, 1.82) is 0 Å². The lowest BCUT2D eigenvalue weighted by molar-refractivity contribution is -0.144. The predicted molar refractivity (Wildman–Crippen MR) is 89.4 cm³/mol. The van der Waals surface area contributed by atoms with Crippen molar-refractivity contribution in [3.63, 3.8) is 0 Å². The van der Waals surface area contributed by atoms with Gasteiger partial charge >= 0.3 is 0 Å². The Morgan fingerprint density at radius 3 is 1.95 bits per heavy atom. The number of carbonyl (C=O) groups is 2. The number of amides is 2. The van der Waals surface area contributed by atoms with E-state index >= 15 is 0 Å². The van der Waals surface area contributed by atoms with Gasteiger partial charge in [-0.15, -0.1) is 0 Å². The molecule has 22 heavy (non-hydrogen) atoms. The summed E-state index contributed by atoms with van der Waals surface area (Å²) in [7, 11) is 0. The molecule has 0 radical (unpaired) electrons. The third-order valence-corrected chi connectivity index (χ3v) is 3.26. The molecule has 0 aromatic heterocycles. The molecular weight excluding hydrogens is 280 g/mol. The van der Waals surface area contributed by atoms with Gasteiger partial charge < -0.3 is 15.4 Å². The van der Waals surface area contributed by atoms with Crippen LogP contribution in [0.4, 0.5) is 0 Å². The smallest absolute Gasteiger partial charge is 0.223 e. The summed E-state index contributed by atoms with van der Waals surface area (Å²) in [5.74, 6) is -0.313. The SMILES string of the molecule is CCCOC(CCC(=O)N(C(C)(C)C)C(C)(C)C)CC(N)=O. The summed E-state index contributed by atoms with van der Waals surface area (Å²) in [4.78, 5) is 25.7. The molecule has 0 heterocycles. The molecule has 0 saturated carbocycles. The largest absolute Gasteiger partial charge is 0.378 e. The standard InChI is InChI=1S/C17H34N2O3/c1-8-11-22-13(12-14(18)20)9-10-15(21)19(16(2,3)4)17(5,6)7/h13H,8-12H2,1-7H3,(H2,18,20). The van der Waals surface area contributed by atoms with E-state index in [4.69, 9.17) is 10.5 Å². The zero-order chi connectivity index (χ0) is 17.6. The number of primary amides is 1. The highest BCUT2D eigenvalue weighted by atomic mass is 16.5. The van der Waals surface area contributed by atoms with E-state index in [9.17, 15) is 9.59 Å². The number of carbonyl (C=O) groups excluding carboxylic acids is 2. The number of nitrogens with zero attached hydrogens (tertiary/aromatic N) is 1. The van der Waals surface area contributed by atoms with E-state index in [1.54, 1.807) is 0 Å². The van der Waals surface area contributed by atoms with Gasteiger partial charge in [0.1, 0.15) is 0 Å². The first-order valence-electron chi connectivity index (χ1n) is 8.12. The van der Waals surface area contributed by atoms with Crippen LogP contribution in [-0.2, 0) is 14.3 Å². The molecule has 5 heteroatoms. The van der Waals surface area contributed by atoms with Gasteiger partial charge in [0.25, 0.3) is 0 Å². The van der Waals surface area contributed by atoms with E-state index in [0.717, 1.165) is 6.42 Å². The Labute approximate surface area is 135 Å². The fraction of sp³-hybridized carbons (Fsp3) is 0.882. The summed E-state index contributed by atoms with van der Waals surface area (Å²) >= 11 is 0. The second-order valence-electron chi connectivity index (χ2n) is 7.77. The van der Waals surface area contributed by atoms with Crippen LogP contribution in [0.3, 0.4) is 0 Å². The molecule has 0 aromatic carbocycles. The molecule has 1 unspecified atom stereocenters. The molecule has 5 nitrogen and oxygen atoms in total. The molecule has 0 aromatic rings. The average Bonchev–Trinajstić information content (AvgIpc) is 2.28. The molecule has 0 bridgehead atoms. The highest BCUT2D eigenvalue weighted by Gasteiger charge is 2.35. The minimum atomic E-state index is -0.392. The summed E-state index contributed by atoms with van der Waals surface area (Å²) in [6, 6.07) is 0. The first-order chi connectivity index (χ1) is 9.89. The van der Waals surface area contributed by atoms with Crippen LogP contribution < -0.4 is 5.73 Å². The normalized spacial score (nSPS) is 13.8. The van der Waals surface area contributed by atoms with Crippen LogP contribution in [0, 0.1) is 0 Å². The molecule has 0 saturated heterocycles. The minimum Gasteiger partial charge on any atom is -0.378 e. The van der Waals surface area contributed by atoms with E-state index in [-0.39, 0.29) is 29.5 Å². The van der Waals surface area contributed by atoms with Gasteiger partial charge in [0, 0.05) is 24.1 Å². The molecule has 2 amide bonds. The van der Waals surface area contributed by atoms with Gasteiger partial charge in [-0.1, -0.05) is 6.92 Å². The van der Waals surface area contributed by atoms with Crippen molar-refractivity contribution >= 4 is 11.8 Å². The van der Waals surface area contributed by atoms with E-state index in [1.165, 1.54) is 0 Å². The van der Waals surface area contributed by atoms with Crippen LogP contribution in [-0.4, -0.2) is 40.5 Å². The van der Waals surface area contributed by atoms with Crippen LogP contribution in [0.2, 0.25) is 0 Å². The fourth-order valence-corrected chi connectivity index (χ4v) is 2.90. The van der Waals surface area contributed by atoms with E-state index in [2.05, 4.69) is 0 Å². The molecule has 0 spiro atoms. The lowest BCUT2D eigenvalue weighted by atomic mass is 9.94. The van der Waals surface area contributed by atoms with E-state index in [1.807, 2.05) is 53.4 Å². The Bertz CT molecular complexity index is 353. The molecule has 0 fully saturated rings. The third kappa shape index (κ3) is 7.78. The molecule has 1 atom stereocenters. The van der Waals surface area contributed by atoms with Gasteiger partial charge in [-0.3, -0.25) is 9.59 Å². The Morgan fingerprint density at radius 1 is 1.09 bits per heavy atom. The maximum Gasteiger partial charge on any atom is 0.223 e. The molecule has 2 N–H and O–H groups in total. The summed E-state index contributed by atoms with van der Waals surface area (Å²) in [6.45, 7) is 14.8. The number of rotatable bonds is 8. The lowest BCUT2D eigenvalue weighted by Crippen LogP contribution is -2.55. The van der Waals surface area contributed by atoms with E-state index < -0.39 is 5.91 Å². The molecule has 0 aliphatic carbocycles. The van der Waals surface area contributed by atoms with Crippen molar-refractivity contribution < 1.29 is 14.3 Å². The predicted octanol–water partition coefficient (Wildman–Crippen LogP) is 2.86. The van der Waals surface area contributed by atoms with Crippen molar-refractivity contribution in [1.82, 2.24) is 4.90 Å². The quantitative estimate of drug-likeness (QED) is 0.748. The van der Waals surface area contributed by atoms with Gasteiger partial charge in [-0.25, -0.2) is 0 Å². The van der Waals surface area contributed by atoms with Gasteiger partial charge in [0.2, 0.25) is 11.8 Å². The van der Waals surface area contributed by atoms with Crippen molar-refractivity contribution in [3.05, 3.63) is 0 Å². The Balaban J connectivity index is 4.80. The third-order valence-electron chi connectivity index (χ3n) is 3.26. The maximum atomic E-state index is 12.7. The number of nitrogens with two attached hydrogens (primary N) is 1. The van der Waals surface area contributed by atoms with Crippen LogP contribution in [0.5, 0.6) is 0 Å². The monoisotopic (exact) mass is 314 g/mol. The molecule has 130 valence electrons. The van der Waals surface area contributed by atoms with Crippen LogP contribution >= 0.6 is 0 Å². The van der Waals surface area contributed by atoms with Crippen LogP contribution in [0.15, 0.2) is 0 Å². The second-order valence-corrected chi connectivity index (χ2v) is 7.77. The van der Waals surface area contributed by atoms with Crippen molar-refractivity contribution in [2.45, 2.75) is 91.3 Å². The summed E-state index contributed by atoms with van der Waals surface area (Å²) in [5, 5.41) is 0. The van der Waals surface area contributed by atoms with Gasteiger partial charge in [0.05, 0.1) is 12.5 Å². The second kappa shape index (κ2) is 8.51. The number of hydrogen-bond acceptors (Lipinski definition) is 3. The van der Waals surface area contributed by atoms with Gasteiger partial charge in [-0.05, 0) is 54.4 Å². The zero-order valence-corrected chi connectivity index (χ0v) is 15.4. The van der Waals surface area contributed by atoms with Crippen molar-refractivity contribution in [2.24, 2.45) is 5.73 Å². The first-order valence-corrected chi connectivity index (χ1v) is 8.12. The van der Waals surface area contributed by atoms with Crippen LogP contribution in [0.25, 0.3) is 0 Å². The fourth-order valence-electron chi connectivity index (χ4n) is 2.90. The molecule has 0 rings (SSSR count). The first kappa shape index (κ1) is 20.9. The summed E-state index contributed by atoms with van der Waals surface area (Å²) in [6.07, 6.45) is 1.64. The minimum absolute atomic E-state index is 0.0783. The highest BCUT2D eigenvalue weighted by molar-refractivity contribution is 5.78. The Hall–Kier alpha value is -1.10. The van der Waals surface area contributed by atoms with E-state index in [0.29, 0.717) is 19.4 Å². The van der Waals surface area contributed by atoms with Crippen LogP contribution in [0.1, 0.15) is 74.1 Å². The molecule has 0 aliphatic heterocycles. The van der Waals surface area contributed by atoms with Crippen molar-refractivity contribution in [3.8, 4) is 0 Å². The lowest BCUT2D eigenvalue weighted by Gasteiger charge is -2.45. The topological polar surface area (TPSA) is 72.6 Å². The number of hydrogen-bond donors (Lipinski definition) is 1. The highest BCUT2D eigenvalue weighted by Crippen LogP contribution is 2.26. The average molecular weight is 314 g/mol. The molecule has 0 aliphatic rings. The Morgan fingerprint density at radius 2 is 1.59 bits per heavy atom.